The minimum absolute atomic E-state index is 0.0579. The third-order valence-electron chi connectivity index (χ3n) is 3.44. The van der Waals surface area contributed by atoms with Gasteiger partial charge in [0.25, 0.3) is 0 Å². The molecule has 1 aliphatic heterocycles. The Bertz CT molecular complexity index is 776. The number of esters is 1. The van der Waals surface area contributed by atoms with Crippen LogP contribution >= 0.6 is 15.9 Å². The highest BCUT2D eigenvalue weighted by molar-refractivity contribution is 9.10. The van der Waals surface area contributed by atoms with Gasteiger partial charge in [0.05, 0.1) is 12.2 Å². The molecule has 0 atom stereocenters. The summed E-state index contributed by atoms with van der Waals surface area (Å²) in [6.45, 7) is 2.09. The van der Waals surface area contributed by atoms with Crippen molar-refractivity contribution >= 4 is 39.2 Å². The Morgan fingerprint density at radius 2 is 2.13 bits per heavy atom. The average Bonchev–Trinajstić information content (AvgIpc) is 2.48. The van der Waals surface area contributed by atoms with Crippen LogP contribution in [-0.2, 0) is 9.59 Å². The van der Waals surface area contributed by atoms with Crippen molar-refractivity contribution in [3.63, 3.8) is 0 Å². The van der Waals surface area contributed by atoms with Gasteiger partial charge in [-0.1, -0.05) is 28.1 Å². The third-order valence-corrected chi connectivity index (χ3v) is 3.93. The number of nitrogens with zero attached hydrogens (tertiary/aromatic N) is 1. The Hall–Kier alpha value is -2.34. The molecule has 118 valence electrons. The van der Waals surface area contributed by atoms with Gasteiger partial charge in [-0.3, -0.25) is 4.79 Å². The highest BCUT2D eigenvalue weighted by Crippen LogP contribution is 2.32. The highest BCUT2D eigenvalue weighted by atomic mass is 79.9. The maximum Gasteiger partial charge on any atom is 0.331 e. The number of amides is 1. The first-order valence-electron chi connectivity index (χ1n) is 7.13. The van der Waals surface area contributed by atoms with Crippen molar-refractivity contribution in [2.24, 2.45) is 0 Å². The fourth-order valence-corrected chi connectivity index (χ4v) is 2.84. The van der Waals surface area contributed by atoms with Crippen molar-refractivity contribution < 1.29 is 14.3 Å². The molecule has 0 unspecified atom stereocenters. The molecule has 0 aliphatic carbocycles. The van der Waals surface area contributed by atoms with Crippen molar-refractivity contribution in [1.82, 2.24) is 0 Å². The molecule has 3 rings (SSSR count). The first-order chi connectivity index (χ1) is 11.0. The summed E-state index contributed by atoms with van der Waals surface area (Å²) in [7, 11) is 0. The lowest BCUT2D eigenvalue weighted by atomic mass is 10.1. The molecule has 5 nitrogen and oxygen atoms in total. The van der Waals surface area contributed by atoms with E-state index in [1.54, 1.807) is 11.0 Å². The zero-order chi connectivity index (χ0) is 16.4. The SMILES string of the molecule is Cc1ccc2c(c1)N(CC(=O)Nc1cccc(Br)c1)CC(=O)O2. The fourth-order valence-electron chi connectivity index (χ4n) is 2.44. The van der Waals surface area contributed by atoms with E-state index in [1.807, 2.05) is 43.3 Å². The van der Waals surface area contributed by atoms with Gasteiger partial charge < -0.3 is 15.0 Å². The molecule has 23 heavy (non-hydrogen) atoms. The van der Waals surface area contributed by atoms with Crippen LogP contribution in [0.4, 0.5) is 11.4 Å². The molecular formula is C17H15BrN2O3. The topological polar surface area (TPSA) is 58.6 Å². The van der Waals surface area contributed by atoms with E-state index >= 15 is 0 Å². The largest absolute Gasteiger partial charge is 0.423 e. The molecule has 1 aliphatic rings. The summed E-state index contributed by atoms with van der Waals surface area (Å²) in [6, 6.07) is 12.9. The molecule has 0 aromatic heterocycles. The Kier molecular flexibility index (Phi) is 4.34. The van der Waals surface area contributed by atoms with Crippen LogP contribution in [-0.4, -0.2) is 25.0 Å². The van der Waals surface area contributed by atoms with E-state index in [-0.39, 0.29) is 25.0 Å². The molecule has 0 saturated heterocycles. The van der Waals surface area contributed by atoms with Crippen molar-refractivity contribution in [2.75, 3.05) is 23.3 Å². The molecule has 1 amide bonds. The number of hydrogen-bond donors (Lipinski definition) is 1. The lowest BCUT2D eigenvalue weighted by Crippen LogP contribution is -2.41. The number of aryl methyl sites for hydroxylation is 1. The highest BCUT2D eigenvalue weighted by Gasteiger charge is 2.25. The number of benzene rings is 2. The van der Waals surface area contributed by atoms with E-state index in [9.17, 15) is 9.59 Å². The second-order valence-electron chi connectivity index (χ2n) is 5.36. The van der Waals surface area contributed by atoms with Crippen LogP contribution in [0.3, 0.4) is 0 Å². The van der Waals surface area contributed by atoms with Gasteiger partial charge in [-0.25, -0.2) is 4.79 Å². The van der Waals surface area contributed by atoms with Crippen LogP contribution in [0, 0.1) is 6.92 Å². The standard InChI is InChI=1S/C17H15BrN2O3/c1-11-5-6-15-14(7-11)20(10-17(22)23-15)9-16(21)19-13-4-2-3-12(18)8-13/h2-8H,9-10H2,1H3,(H,19,21). The predicted octanol–water partition coefficient (Wildman–Crippen LogP) is 3.12. The predicted molar refractivity (Wildman–Crippen MR) is 91.8 cm³/mol. The van der Waals surface area contributed by atoms with Crippen LogP contribution in [0.2, 0.25) is 0 Å². The van der Waals surface area contributed by atoms with Gasteiger partial charge in [0.2, 0.25) is 5.91 Å². The van der Waals surface area contributed by atoms with Crippen molar-refractivity contribution in [1.29, 1.82) is 0 Å². The summed E-state index contributed by atoms with van der Waals surface area (Å²) in [6.07, 6.45) is 0. The van der Waals surface area contributed by atoms with Gasteiger partial charge in [-0.05, 0) is 42.8 Å². The van der Waals surface area contributed by atoms with E-state index in [1.165, 1.54) is 0 Å². The normalized spacial score (nSPS) is 13.3. The quantitative estimate of drug-likeness (QED) is 0.662. The van der Waals surface area contributed by atoms with Gasteiger partial charge in [0.1, 0.15) is 6.54 Å². The number of anilines is 2. The van der Waals surface area contributed by atoms with Crippen LogP contribution in [0.25, 0.3) is 0 Å². The molecule has 2 aromatic rings. The summed E-state index contributed by atoms with van der Waals surface area (Å²) in [5.41, 5.74) is 2.50. The Morgan fingerprint density at radius 1 is 1.30 bits per heavy atom. The van der Waals surface area contributed by atoms with E-state index in [0.717, 1.165) is 15.7 Å². The smallest absolute Gasteiger partial charge is 0.331 e. The lowest BCUT2D eigenvalue weighted by molar-refractivity contribution is -0.133. The lowest BCUT2D eigenvalue weighted by Gasteiger charge is -2.29. The number of carbonyl (C=O) groups excluding carboxylic acids is 2. The molecule has 0 radical (unpaired) electrons. The number of halogens is 1. The van der Waals surface area contributed by atoms with Gasteiger partial charge in [-0.15, -0.1) is 0 Å². The number of hydrogen-bond acceptors (Lipinski definition) is 4. The zero-order valence-electron chi connectivity index (χ0n) is 12.5. The Balaban J connectivity index is 1.76. The molecule has 1 heterocycles. The van der Waals surface area contributed by atoms with Crippen molar-refractivity contribution in [2.45, 2.75) is 6.92 Å². The number of fused-ring (bicyclic) bond motifs is 1. The monoisotopic (exact) mass is 374 g/mol. The number of carbonyl (C=O) groups is 2. The molecule has 0 fully saturated rings. The molecule has 6 heteroatoms. The van der Waals surface area contributed by atoms with Crippen molar-refractivity contribution in [3.05, 3.63) is 52.5 Å². The van der Waals surface area contributed by atoms with Crippen LogP contribution < -0.4 is 15.0 Å². The number of ether oxygens (including phenoxy) is 1. The van der Waals surface area contributed by atoms with E-state index < -0.39 is 0 Å². The average molecular weight is 375 g/mol. The summed E-state index contributed by atoms with van der Waals surface area (Å²) in [5.74, 6) is -0.0658. The van der Waals surface area contributed by atoms with E-state index in [4.69, 9.17) is 4.74 Å². The van der Waals surface area contributed by atoms with Gasteiger partial charge in [-0.2, -0.15) is 0 Å². The molecule has 0 saturated carbocycles. The van der Waals surface area contributed by atoms with Crippen LogP contribution in [0.1, 0.15) is 5.56 Å². The Labute approximate surface area is 142 Å². The minimum Gasteiger partial charge on any atom is -0.423 e. The molecule has 0 bridgehead atoms. The van der Waals surface area contributed by atoms with Gasteiger partial charge in [0.15, 0.2) is 5.75 Å². The second-order valence-corrected chi connectivity index (χ2v) is 6.28. The summed E-state index contributed by atoms with van der Waals surface area (Å²) >= 11 is 3.36. The van der Waals surface area contributed by atoms with Crippen molar-refractivity contribution in [3.8, 4) is 5.75 Å². The molecule has 1 N–H and O–H groups in total. The molecule has 2 aromatic carbocycles. The minimum atomic E-state index is -0.364. The van der Waals surface area contributed by atoms with E-state index in [2.05, 4.69) is 21.2 Å². The summed E-state index contributed by atoms with van der Waals surface area (Å²) in [5, 5.41) is 2.83. The van der Waals surface area contributed by atoms with Gasteiger partial charge in [0, 0.05) is 10.2 Å². The van der Waals surface area contributed by atoms with Crippen LogP contribution in [0.5, 0.6) is 5.75 Å². The Morgan fingerprint density at radius 3 is 2.91 bits per heavy atom. The second kappa shape index (κ2) is 6.42. The van der Waals surface area contributed by atoms with E-state index in [0.29, 0.717) is 11.4 Å². The number of nitrogens with one attached hydrogen (secondary N) is 1. The maximum absolute atomic E-state index is 12.3. The zero-order valence-corrected chi connectivity index (χ0v) is 14.1. The van der Waals surface area contributed by atoms with Crippen LogP contribution in [0.15, 0.2) is 46.9 Å². The first-order valence-corrected chi connectivity index (χ1v) is 7.92. The number of rotatable bonds is 3. The third kappa shape index (κ3) is 3.71. The fraction of sp³-hybridized carbons (Fsp3) is 0.176. The van der Waals surface area contributed by atoms with Gasteiger partial charge >= 0.3 is 5.97 Å². The summed E-state index contributed by atoms with van der Waals surface area (Å²) < 4.78 is 6.10. The maximum atomic E-state index is 12.3. The summed E-state index contributed by atoms with van der Waals surface area (Å²) in [4.78, 5) is 25.7. The first kappa shape index (κ1) is 15.6. The molecular weight excluding hydrogens is 360 g/mol. The molecule has 0 spiro atoms.